The Morgan fingerprint density at radius 1 is 1.26 bits per heavy atom. The van der Waals surface area contributed by atoms with E-state index in [0.717, 1.165) is 28.7 Å². The first kappa shape index (κ1) is 21.2. The highest BCUT2D eigenvalue weighted by molar-refractivity contribution is 6.06. The first-order chi connectivity index (χ1) is 12.2. The summed E-state index contributed by atoms with van der Waals surface area (Å²) in [4.78, 5) is 19.7. The van der Waals surface area contributed by atoms with Crippen molar-refractivity contribution in [3.63, 3.8) is 0 Å². The second-order valence-electron chi connectivity index (χ2n) is 6.42. The van der Waals surface area contributed by atoms with Crippen LogP contribution < -0.4 is 5.73 Å². The lowest BCUT2D eigenvalue weighted by Gasteiger charge is -2.17. The molecule has 1 atom stereocenters. The highest BCUT2D eigenvalue weighted by atomic mass is 35.5. The second kappa shape index (κ2) is 8.69. The van der Waals surface area contributed by atoms with Gasteiger partial charge in [-0.1, -0.05) is 30.3 Å². The molecule has 4 rings (SSSR count). The quantitative estimate of drug-likeness (QED) is 0.723. The van der Waals surface area contributed by atoms with Gasteiger partial charge in [0.2, 0.25) is 0 Å². The number of benzene rings is 1. The van der Waals surface area contributed by atoms with Crippen LogP contribution in [0.1, 0.15) is 23.7 Å². The molecule has 0 aliphatic carbocycles. The van der Waals surface area contributed by atoms with Gasteiger partial charge in [0, 0.05) is 31.2 Å². The van der Waals surface area contributed by atoms with E-state index in [1.165, 1.54) is 0 Å². The molecule has 144 valence electrons. The zero-order valence-electron chi connectivity index (χ0n) is 15.0. The number of carbonyl (C=O) groups excluding carboxylic acids is 1. The molecule has 6 nitrogen and oxygen atoms in total. The Morgan fingerprint density at radius 3 is 2.63 bits per heavy atom. The molecule has 1 fully saturated rings. The number of fused-ring (bicyclic) bond motifs is 1. The Hall–Kier alpha value is -2.15. The molecule has 1 aromatic carbocycles. The molecule has 0 saturated carbocycles. The van der Waals surface area contributed by atoms with Crippen molar-refractivity contribution in [2.75, 3.05) is 13.1 Å². The highest BCUT2D eigenvalue weighted by Crippen LogP contribution is 2.26. The molecule has 0 radical (unpaired) electrons. The van der Waals surface area contributed by atoms with E-state index in [9.17, 15) is 4.79 Å². The third-order valence-electron chi connectivity index (χ3n) is 4.72. The average molecular weight is 408 g/mol. The summed E-state index contributed by atoms with van der Waals surface area (Å²) in [6.07, 6.45) is 2.59. The van der Waals surface area contributed by atoms with Crippen molar-refractivity contribution in [2.45, 2.75) is 25.9 Å². The van der Waals surface area contributed by atoms with Gasteiger partial charge in [-0.05, 0) is 19.4 Å². The number of likely N-dealkylation sites (tertiary alicyclic amines) is 1. The molecule has 2 N–H and O–H groups in total. The van der Waals surface area contributed by atoms with E-state index in [2.05, 4.69) is 5.10 Å². The maximum absolute atomic E-state index is 13.1. The highest BCUT2D eigenvalue weighted by Gasteiger charge is 2.27. The minimum atomic E-state index is 0. The smallest absolute Gasteiger partial charge is 0.254 e. The number of aromatic nitrogens is 3. The van der Waals surface area contributed by atoms with Crippen molar-refractivity contribution in [3.05, 3.63) is 48.2 Å². The molecule has 3 aromatic rings. The number of nitrogens with two attached hydrogens (primary N) is 1. The van der Waals surface area contributed by atoms with Gasteiger partial charge in [0.1, 0.15) is 0 Å². The summed E-state index contributed by atoms with van der Waals surface area (Å²) in [7, 11) is 0. The Kier molecular flexibility index (Phi) is 6.81. The van der Waals surface area contributed by atoms with Crippen LogP contribution in [-0.4, -0.2) is 44.7 Å². The predicted molar refractivity (Wildman–Crippen MR) is 112 cm³/mol. The molecule has 0 bridgehead atoms. The summed E-state index contributed by atoms with van der Waals surface area (Å²) in [5, 5.41) is 5.19. The Morgan fingerprint density at radius 2 is 2.00 bits per heavy atom. The van der Waals surface area contributed by atoms with Gasteiger partial charge in [0.25, 0.3) is 5.91 Å². The third-order valence-corrected chi connectivity index (χ3v) is 4.72. The van der Waals surface area contributed by atoms with E-state index >= 15 is 0 Å². The van der Waals surface area contributed by atoms with Crippen LogP contribution in [0.4, 0.5) is 0 Å². The molecular formula is C19H23Cl2N5O. The Labute approximate surface area is 170 Å². The van der Waals surface area contributed by atoms with Gasteiger partial charge in [-0.2, -0.15) is 5.10 Å². The summed E-state index contributed by atoms with van der Waals surface area (Å²) in [5.41, 5.74) is 9.15. The maximum Gasteiger partial charge on any atom is 0.254 e. The first-order valence-electron chi connectivity index (χ1n) is 8.64. The topological polar surface area (TPSA) is 77.0 Å². The van der Waals surface area contributed by atoms with Crippen molar-refractivity contribution in [1.29, 1.82) is 0 Å². The number of nitrogens with zero attached hydrogens (tertiary/aromatic N) is 4. The van der Waals surface area contributed by atoms with Crippen LogP contribution in [0, 0.1) is 0 Å². The number of aryl methyl sites for hydroxylation is 1. The van der Waals surface area contributed by atoms with Gasteiger partial charge in [-0.3, -0.25) is 4.79 Å². The van der Waals surface area contributed by atoms with Gasteiger partial charge in [-0.15, -0.1) is 24.8 Å². The molecule has 0 unspecified atom stereocenters. The van der Waals surface area contributed by atoms with Crippen LogP contribution in [0.25, 0.3) is 22.3 Å². The molecule has 8 heteroatoms. The fraction of sp³-hybridized carbons (Fsp3) is 0.316. The number of amides is 1. The molecule has 1 aliphatic heterocycles. The van der Waals surface area contributed by atoms with Gasteiger partial charge in [0.15, 0.2) is 5.65 Å². The number of hydrogen-bond donors (Lipinski definition) is 1. The van der Waals surface area contributed by atoms with Gasteiger partial charge in [0.05, 0.1) is 22.8 Å². The number of hydrogen-bond acceptors (Lipinski definition) is 4. The van der Waals surface area contributed by atoms with E-state index in [-0.39, 0.29) is 36.8 Å². The van der Waals surface area contributed by atoms with Crippen molar-refractivity contribution in [2.24, 2.45) is 5.73 Å². The fourth-order valence-corrected chi connectivity index (χ4v) is 3.35. The van der Waals surface area contributed by atoms with Crippen LogP contribution in [0.15, 0.2) is 42.6 Å². The summed E-state index contributed by atoms with van der Waals surface area (Å²) >= 11 is 0. The van der Waals surface area contributed by atoms with Crippen molar-refractivity contribution < 1.29 is 4.79 Å². The number of pyridine rings is 1. The van der Waals surface area contributed by atoms with E-state index in [1.54, 1.807) is 6.20 Å². The van der Waals surface area contributed by atoms with Crippen LogP contribution >= 0.6 is 24.8 Å². The van der Waals surface area contributed by atoms with Crippen LogP contribution in [0.5, 0.6) is 0 Å². The van der Waals surface area contributed by atoms with Gasteiger partial charge >= 0.3 is 0 Å². The van der Waals surface area contributed by atoms with Crippen molar-refractivity contribution >= 4 is 41.8 Å². The normalized spacial score (nSPS) is 16.1. The minimum Gasteiger partial charge on any atom is -0.337 e. The average Bonchev–Trinajstić information content (AvgIpc) is 3.27. The zero-order valence-corrected chi connectivity index (χ0v) is 16.7. The van der Waals surface area contributed by atoms with E-state index < -0.39 is 0 Å². The maximum atomic E-state index is 13.1. The summed E-state index contributed by atoms with van der Waals surface area (Å²) < 4.78 is 1.83. The van der Waals surface area contributed by atoms with Gasteiger partial charge in [-0.25, -0.2) is 9.67 Å². The lowest BCUT2D eigenvalue weighted by atomic mass is 10.1. The summed E-state index contributed by atoms with van der Waals surface area (Å²) in [6.45, 7) is 4.03. The lowest BCUT2D eigenvalue weighted by molar-refractivity contribution is 0.0793. The monoisotopic (exact) mass is 407 g/mol. The largest absolute Gasteiger partial charge is 0.337 e. The Balaban J connectivity index is 0.00000131. The molecule has 1 amide bonds. The molecule has 27 heavy (non-hydrogen) atoms. The molecule has 0 spiro atoms. The Bertz CT molecular complexity index is 928. The number of rotatable bonds is 3. The third kappa shape index (κ3) is 3.93. The number of halogens is 2. The summed E-state index contributed by atoms with van der Waals surface area (Å²) in [6, 6.07) is 11.9. The molecule has 1 saturated heterocycles. The molecule has 1 aliphatic rings. The number of carbonyl (C=O) groups is 1. The zero-order chi connectivity index (χ0) is 17.4. The molecule has 3 heterocycles. The van der Waals surface area contributed by atoms with E-state index in [0.29, 0.717) is 25.2 Å². The predicted octanol–water partition coefficient (Wildman–Crippen LogP) is 3.14. The second-order valence-corrected chi connectivity index (χ2v) is 6.42. The lowest BCUT2D eigenvalue weighted by Crippen LogP contribution is -2.32. The first-order valence-corrected chi connectivity index (χ1v) is 8.64. The fourth-order valence-electron chi connectivity index (χ4n) is 3.35. The van der Waals surface area contributed by atoms with Crippen molar-refractivity contribution in [1.82, 2.24) is 19.7 Å². The van der Waals surface area contributed by atoms with Crippen LogP contribution in [0.2, 0.25) is 0 Å². The SMILES string of the molecule is CCn1ncc2c(C(=O)N3CC[C@@H](N)C3)cc(-c3ccccc3)nc21.Cl.Cl. The standard InChI is InChI=1S/C19H21N5O.2ClH/c1-2-24-18-16(11-21-24)15(19(25)23-9-8-14(20)12-23)10-17(22-18)13-6-4-3-5-7-13;;/h3-7,10-11,14H,2,8-9,12,20H2,1H3;2*1H/t14-;;/m1../s1. The summed E-state index contributed by atoms with van der Waals surface area (Å²) in [5.74, 6) is 0.00758. The van der Waals surface area contributed by atoms with Gasteiger partial charge < -0.3 is 10.6 Å². The van der Waals surface area contributed by atoms with Crippen LogP contribution in [0.3, 0.4) is 0 Å². The van der Waals surface area contributed by atoms with E-state index in [4.69, 9.17) is 10.7 Å². The van der Waals surface area contributed by atoms with Crippen molar-refractivity contribution in [3.8, 4) is 11.3 Å². The minimum absolute atomic E-state index is 0. The molecular weight excluding hydrogens is 385 g/mol. The van der Waals surface area contributed by atoms with E-state index in [1.807, 2.05) is 52.9 Å². The van der Waals surface area contributed by atoms with Crippen LogP contribution in [-0.2, 0) is 6.54 Å². The molecule has 2 aromatic heterocycles.